The fourth-order valence-corrected chi connectivity index (χ4v) is 3.54. The molecule has 0 fully saturated rings. The van der Waals surface area contributed by atoms with Gasteiger partial charge in [0.2, 0.25) is 5.91 Å². The van der Waals surface area contributed by atoms with E-state index in [1.165, 1.54) is 19.3 Å². The number of aromatic amines is 1. The van der Waals surface area contributed by atoms with Crippen LogP contribution in [-0.4, -0.2) is 15.9 Å². The van der Waals surface area contributed by atoms with E-state index < -0.39 is 5.91 Å². The molecule has 1 aliphatic rings. The molecule has 0 radical (unpaired) electrons. The number of hydrogen-bond acceptors (Lipinski definition) is 2. The average Bonchev–Trinajstić information content (AvgIpc) is 3.37. The number of nitrogens with one attached hydrogen (secondary N) is 1. The van der Waals surface area contributed by atoms with E-state index in [1.54, 1.807) is 29.5 Å². The molecule has 134 valence electrons. The number of nitrogens with two attached hydrogens (primary N) is 1. The van der Waals surface area contributed by atoms with Crippen molar-refractivity contribution in [3.63, 3.8) is 0 Å². The molecule has 0 aliphatic heterocycles. The first kappa shape index (κ1) is 17.0. The summed E-state index contributed by atoms with van der Waals surface area (Å²) >= 11 is 0. The van der Waals surface area contributed by atoms with Crippen LogP contribution in [0.15, 0.2) is 73.1 Å². The standard InChI is InChI=1S/C14H11N3O.C9H10/c15-13(18)10-3-1-9(2-4-10)11-5-7-16-14-12(11)6-8-17-14;1-2-5-9-7-3-6-8(9)4-1/h1-8H,(H2,15,18)(H,16,17);1-2,4-5H,3,6-7H2. The van der Waals surface area contributed by atoms with Crippen LogP contribution in [-0.2, 0) is 12.8 Å². The number of primary amides is 1. The highest BCUT2D eigenvalue weighted by atomic mass is 16.1. The number of pyridine rings is 1. The lowest BCUT2D eigenvalue weighted by Crippen LogP contribution is -2.10. The maximum atomic E-state index is 11.0. The zero-order chi connectivity index (χ0) is 18.6. The van der Waals surface area contributed by atoms with Gasteiger partial charge in [-0.05, 0) is 65.8 Å². The van der Waals surface area contributed by atoms with E-state index in [2.05, 4.69) is 34.2 Å². The highest BCUT2D eigenvalue weighted by molar-refractivity contribution is 5.95. The monoisotopic (exact) mass is 355 g/mol. The molecular weight excluding hydrogens is 334 g/mol. The van der Waals surface area contributed by atoms with Crippen molar-refractivity contribution in [1.82, 2.24) is 9.97 Å². The maximum Gasteiger partial charge on any atom is 0.248 e. The summed E-state index contributed by atoms with van der Waals surface area (Å²) < 4.78 is 0. The Morgan fingerprint density at radius 1 is 0.926 bits per heavy atom. The lowest BCUT2D eigenvalue weighted by molar-refractivity contribution is 0.100. The van der Waals surface area contributed by atoms with Gasteiger partial charge in [0, 0.05) is 23.3 Å². The van der Waals surface area contributed by atoms with Crippen molar-refractivity contribution in [1.29, 1.82) is 0 Å². The zero-order valence-electron chi connectivity index (χ0n) is 15.0. The SMILES string of the molecule is NC(=O)c1ccc(-c2ccnc3[nH]ccc23)cc1.c1ccc2c(c1)CCC2. The molecule has 0 saturated heterocycles. The molecule has 4 aromatic rings. The molecule has 2 aromatic carbocycles. The molecule has 2 aromatic heterocycles. The molecule has 0 unspecified atom stereocenters. The number of carbonyl (C=O) groups is 1. The van der Waals surface area contributed by atoms with E-state index >= 15 is 0 Å². The van der Waals surface area contributed by atoms with E-state index in [4.69, 9.17) is 5.73 Å². The third kappa shape index (κ3) is 3.60. The van der Waals surface area contributed by atoms with Crippen LogP contribution < -0.4 is 5.73 Å². The van der Waals surface area contributed by atoms with Crippen molar-refractivity contribution < 1.29 is 4.79 Å². The van der Waals surface area contributed by atoms with Gasteiger partial charge in [-0.1, -0.05) is 36.4 Å². The summed E-state index contributed by atoms with van der Waals surface area (Å²) in [5, 5.41) is 1.06. The summed E-state index contributed by atoms with van der Waals surface area (Å²) in [6, 6.07) is 19.9. The number of benzene rings is 2. The number of rotatable bonds is 2. The minimum Gasteiger partial charge on any atom is -0.366 e. The summed E-state index contributed by atoms with van der Waals surface area (Å²) in [5.74, 6) is -0.414. The van der Waals surface area contributed by atoms with Gasteiger partial charge in [0.25, 0.3) is 0 Å². The molecule has 0 saturated carbocycles. The van der Waals surface area contributed by atoms with Gasteiger partial charge in [0.1, 0.15) is 5.65 Å². The molecule has 4 nitrogen and oxygen atoms in total. The molecule has 2 heterocycles. The number of fused-ring (bicyclic) bond motifs is 2. The minimum absolute atomic E-state index is 0.414. The van der Waals surface area contributed by atoms with Crippen LogP contribution >= 0.6 is 0 Å². The molecule has 0 spiro atoms. The number of carbonyl (C=O) groups excluding carboxylic acids is 1. The Balaban J connectivity index is 0.000000167. The van der Waals surface area contributed by atoms with Gasteiger partial charge in [-0.2, -0.15) is 0 Å². The smallest absolute Gasteiger partial charge is 0.248 e. The van der Waals surface area contributed by atoms with E-state index in [0.717, 1.165) is 22.2 Å². The highest BCUT2D eigenvalue weighted by Gasteiger charge is 2.07. The number of aromatic nitrogens is 2. The van der Waals surface area contributed by atoms with Crippen molar-refractivity contribution in [2.24, 2.45) is 5.73 Å². The molecule has 5 rings (SSSR count). The van der Waals surface area contributed by atoms with Crippen molar-refractivity contribution in [3.8, 4) is 11.1 Å². The van der Waals surface area contributed by atoms with E-state index in [0.29, 0.717) is 5.56 Å². The Morgan fingerprint density at radius 2 is 1.63 bits per heavy atom. The van der Waals surface area contributed by atoms with Crippen LogP contribution in [0.2, 0.25) is 0 Å². The normalized spacial score (nSPS) is 12.3. The van der Waals surface area contributed by atoms with Crippen molar-refractivity contribution >= 4 is 16.9 Å². The molecule has 0 atom stereocenters. The maximum absolute atomic E-state index is 11.0. The lowest BCUT2D eigenvalue weighted by atomic mass is 10.0. The molecule has 0 bridgehead atoms. The number of amides is 1. The van der Waals surface area contributed by atoms with Crippen LogP contribution in [0, 0.1) is 0 Å². The molecule has 1 amide bonds. The molecule has 1 aliphatic carbocycles. The summed E-state index contributed by atoms with van der Waals surface area (Å²) in [7, 11) is 0. The van der Waals surface area contributed by atoms with Gasteiger partial charge in [-0.3, -0.25) is 4.79 Å². The Bertz CT molecular complexity index is 1060. The van der Waals surface area contributed by atoms with Gasteiger partial charge < -0.3 is 10.7 Å². The van der Waals surface area contributed by atoms with Crippen molar-refractivity contribution in [3.05, 3.63) is 89.7 Å². The quantitative estimate of drug-likeness (QED) is 0.555. The van der Waals surface area contributed by atoms with E-state index in [9.17, 15) is 4.79 Å². The van der Waals surface area contributed by atoms with Crippen molar-refractivity contribution in [2.75, 3.05) is 0 Å². The Morgan fingerprint density at radius 3 is 2.30 bits per heavy atom. The second-order valence-electron chi connectivity index (χ2n) is 6.66. The van der Waals surface area contributed by atoms with Crippen LogP contribution in [0.25, 0.3) is 22.2 Å². The van der Waals surface area contributed by atoms with E-state index in [1.807, 2.05) is 30.5 Å². The summed E-state index contributed by atoms with van der Waals surface area (Å²) in [6.45, 7) is 0. The predicted octanol–water partition coefficient (Wildman–Crippen LogP) is 4.50. The molecular formula is C23H21N3O. The third-order valence-electron chi connectivity index (χ3n) is 4.95. The van der Waals surface area contributed by atoms with Gasteiger partial charge in [0.15, 0.2) is 0 Å². The second kappa shape index (κ2) is 7.46. The van der Waals surface area contributed by atoms with Gasteiger partial charge >= 0.3 is 0 Å². The van der Waals surface area contributed by atoms with Gasteiger partial charge in [-0.15, -0.1) is 0 Å². The summed E-state index contributed by atoms with van der Waals surface area (Å²) in [6.07, 6.45) is 7.58. The van der Waals surface area contributed by atoms with Crippen LogP contribution in [0.4, 0.5) is 0 Å². The lowest BCUT2D eigenvalue weighted by Gasteiger charge is -2.04. The van der Waals surface area contributed by atoms with Crippen LogP contribution in [0.1, 0.15) is 27.9 Å². The third-order valence-corrected chi connectivity index (χ3v) is 4.95. The average molecular weight is 355 g/mol. The van der Waals surface area contributed by atoms with Crippen molar-refractivity contribution in [2.45, 2.75) is 19.3 Å². The first-order valence-corrected chi connectivity index (χ1v) is 9.11. The molecule has 27 heavy (non-hydrogen) atoms. The Hall–Kier alpha value is -3.40. The first-order chi connectivity index (χ1) is 13.2. The molecule has 4 heteroatoms. The number of aryl methyl sites for hydroxylation is 2. The van der Waals surface area contributed by atoms with Gasteiger partial charge in [0.05, 0.1) is 0 Å². The topological polar surface area (TPSA) is 71.8 Å². The Labute approximate surface area is 158 Å². The highest BCUT2D eigenvalue weighted by Crippen LogP contribution is 2.27. The van der Waals surface area contributed by atoms with Crippen LogP contribution in [0.3, 0.4) is 0 Å². The molecule has 3 N–H and O–H groups in total. The zero-order valence-corrected chi connectivity index (χ0v) is 15.0. The second-order valence-corrected chi connectivity index (χ2v) is 6.66. The predicted molar refractivity (Wildman–Crippen MR) is 109 cm³/mol. The first-order valence-electron chi connectivity index (χ1n) is 9.11. The number of H-pyrrole nitrogens is 1. The fraction of sp³-hybridized carbons (Fsp3) is 0.130. The van der Waals surface area contributed by atoms with E-state index in [-0.39, 0.29) is 0 Å². The largest absolute Gasteiger partial charge is 0.366 e. The Kier molecular flexibility index (Phi) is 4.71. The summed E-state index contributed by atoms with van der Waals surface area (Å²) in [4.78, 5) is 18.3. The fourth-order valence-electron chi connectivity index (χ4n) is 3.54. The summed E-state index contributed by atoms with van der Waals surface area (Å²) in [5.41, 5.74) is 11.8. The van der Waals surface area contributed by atoms with Gasteiger partial charge in [-0.25, -0.2) is 4.98 Å². The number of hydrogen-bond donors (Lipinski definition) is 2. The number of nitrogens with zero attached hydrogens (tertiary/aromatic N) is 1. The minimum atomic E-state index is -0.414. The van der Waals surface area contributed by atoms with Crippen LogP contribution in [0.5, 0.6) is 0 Å².